The standard InChI is InChI=1S/C24H26N4O2/c1-15-5-4-6-20(16(15)2)17(3)26-23-21-13-18(30-19-9-12-29-14-19)7-8-22(21)28-11-10-25-24(28)27-23/h4-8,10-11,13,17,19H,9,12,14H2,1-3H3,(H,25,26,27). The summed E-state index contributed by atoms with van der Waals surface area (Å²) in [6.45, 7) is 7.89. The molecular formula is C24H26N4O2. The van der Waals surface area contributed by atoms with Crippen LogP contribution in [0.25, 0.3) is 16.7 Å². The van der Waals surface area contributed by atoms with Gasteiger partial charge in [0.05, 0.1) is 24.8 Å². The Morgan fingerprint density at radius 2 is 2.13 bits per heavy atom. The number of fused-ring (bicyclic) bond motifs is 3. The molecule has 2 aromatic heterocycles. The summed E-state index contributed by atoms with van der Waals surface area (Å²) in [5, 5.41) is 4.64. The number of ether oxygens (including phenoxy) is 2. The van der Waals surface area contributed by atoms with E-state index in [4.69, 9.17) is 14.5 Å². The molecule has 0 radical (unpaired) electrons. The summed E-state index contributed by atoms with van der Waals surface area (Å²) in [5.74, 6) is 2.32. The molecule has 2 atom stereocenters. The zero-order valence-electron chi connectivity index (χ0n) is 17.6. The Hall–Kier alpha value is -3.12. The highest BCUT2D eigenvalue weighted by Gasteiger charge is 2.19. The highest BCUT2D eigenvalue weighted by molar-refractivity contribution is 5.92. The zero-order valence-corrected chi connectivity index (χ0v) is 17.6. The maximum absolute atomic E-state index is 6.15. The Morgan fingerprint density at radius 1 is 1.23 bits per heavy atom. The minimum absolute atomic E-state index is 0.103. The molecule has 0 spiro atoms. The Bertz CT molecular complexity index is 1210. The van der Waals surface area contributed by atoms with Crippen molar-refractivity contribution in [3.8, 4) is 5.75 Å². The number of aromatic nitrogens is 3. The lowest BCUT2D eigenvalue weighted by Crippen LogP contribution is -2.15. The molecule has 0 saturated carbocycles. The van der Waals surface area contributed by atoms with Crippen LogP contribution in [0, 0.1) is 13.8 Å². The Kier molecular flexibility index (Phi) is 4.79. The molecule has 0 amide bonds. The van der Waals surface area contributed by atoms with Gasteiger partial charge in [-0.3, -0.25) is 4.40 Å². The fourth-order valence-corrected chi connectivity index (χ4v) is 4.15. The van der Waals surface area contributed by atoms with Crippen molar-refractivity contribution in [1.82, 2.24) is 14.4 Å². The lowest BCUT2D eigenvalue weighted by molar-refractivity contribution is 0.141. The van der Waals surface area contributed by atoms with Crippen molar-refractivity contribution in [2.75, 3.05) is 18.5 Å². The second-order valence-corrected chi connectivity index (χ2v) is 8.00. The molecular weight excluding hydrogens is 376 g/mol. The van der Waals surface area contributed by atoms with Crippen molar-refractivity contribution in [1.29, 1.82) is 0 Å². The van der Waals surface area contributed by atoms with Crippen LogP contribution in [0.2, 0.25) is 0 Å². The minimum Gasteiger partial charge on any atom is -0.488 e. The monoisotopic (exact) mass is 402 g/mol. The van der Waals surface area contributed by atoms with Gasteiger partial charge in [-0.2, -0.15) is 4.98 Å². The second kappa shape index (κ2) is 7.61. The molecule has 6 nitrogen and oxygen atoms in total. The Labute approximate surface area is 175 Å². The van der Waals surface area contributed by atoms with E-state index < -0.39 is 0 Å². The highest BCUT2D eigenvalue weighted by Crippen LogP contribution is 2.31. The quantitative estimate of drug-likeness (QED) is 0.518. The summed E-state index contributed by atoms with van der Waals surface area (Å²) in [5.41, 5.74) is 4.90. The number of nitrogens with one attached hydrogen (secondary N) is 1. The van der Waals surface area contributed by atoms with E-state index in [9.17, 15) is 0 Å². The summed E-state index contributed by atoms with van der Waals surface area (Å²) in [7, 11) is 0. The van der Waals surface area contributed by atoms with Crippen molar-refractivity contribution in [3.63, 3.8) is 0 Å². The van der Waals surface area contributed by atoms with Gasteiger partial charge in [-0.15, -0.1) is 0 Å². The predicted molar refractivity (Wildman–Crippen MR) is 118 cm³/mol. The Balaban J connectivity index is 1.56. The molecule has 1 N–H and O–H groups in total. The number of nitrogens with zero attached hydrogens (tertiary/aromatic N) is 3. The third-order valence-corrected chi connectivity index (χ3v) is 5.97. The van der Waals surface area contributed by atoms with Crippen molar-refractivity contribution in [2.45, 2.75) is 39.3 Å². The van der Waals surface area contributed by atoms with Gasteiger partial charge < -0.3 is 14.8 Å². The summed E-state index contributed by atoms with van der Waals surface area (Å²) >= 11 is 0. The van der Waals surface area contributed by atoms with Crippen LogP contribution in [-0.2, 0) is 4.74 Å². The van der Waals surface area contributed by atoms with Gasteiger partial charge in [0, 0.05) is 24.2 Å². The normalized spacial score (nSPS) is 17.5. The first-order valence-electron chi connectivity index (χ1n) is 10.4. The van der Waals surface area contributed by atoms with Gasteiger partial charge in [0.25, 0.3) is 0 Å². The molecule has 1 fully saturated rings. The van der Waals surface area contributed by atoms with Crippen molar-refractivity contribution < 1.29 is 9.47 Å². The summed E-state index contributed by atoms with van der Waals surface area (Å²) in [4.78, 5) is 9.23. The van der Waals surface area contributed by atoms with Gasteiger partial charge in [0.2, 0.25) is 5.78 Å². The molecule has 2 aromatic carbocycles. The molecule has 2 unspecified atom stereocenters. The maximum Gasteiger partial charge on any atom is 0.236 e. The fraction of sp³-hybridized carbons (Fsp3) is 0.333. The van der Waals surface area contributed by atoms with Gasteiger partial charge >= 0.3 is 0 Å². The maximum atomic E-state index is 6.15. The average Bonchev–Trinajstić information content (AvgIpc) is 3.42. The lowest BCUT2D eigenvalue weighted by atomic mass is 9.98. The summed E-state index contributed by atoms with van der Waals surface area (Å²) in [6, 6.07) is 12.7. The first-order chi connectivity index (χ1) is 14.6. The number of imidazole rings is 1. The molecule has 1 aliphatic heterocycles. The second-order valence-electron chi connectivity index (χ2n) is 8.00. The third-order valence-electron chi connectivity index (χ3n) is 5.97. The van der Waals surface area contributed by atoms with E-state index in [-0.39, 0.29) is 12.1 Å². The van der Waals surface area contributed by atoms with Crippen LogP contribution in [0.4, 0.5) is 5.82 Å². The zero-order chi connectivity index (χ0) is 20.7. The van der Waals surface area contributed by atoms with Crippen LogP contribution in [0.5, 0.6) is 5.75 Å². The molecule has 1 aliphatic rings. The third kappa shape index (κ3) is 3.37. The van der Waals surface area contributed by atoms with Gasteiger partial charge in [-0.1, -0.05) is 18.2 Å². The topological polar surface area (TPSA) is 60.7 Å². The molecule has 1 saturated heterocycles. The number of benzene rings is 2. The van der Waals surface area contributed by atoms with Gasteiger partial charge in [-0.25, -0.2) is 4.98 Å². The SMILES string of the molecule is Cc1cccc(C(C)Nc2nc3nccn3c3ccc(OC4CCOC4)cc23)c1C. The lowest BCUT2D eigenvalue weighted by Gasteiger charge is -2.20. The number of anilines is 1. The van der Waals surface area contributed by atoms with E-state index in [1.807, 2.05) is 16.7 Å². The van der Waals surface area contributed by atoms with Gasteiger partial charge in [0.1, 0.15) is 17.7 Å². The van der Waals surface area contributed by atoms with Crippen LogP contribution in [0.1, 0.15) is 36.1 Å². The van der Waals surface area contributed by atoms with Crippen LogP contribution >= 0.6 is 0 Å². The van der Waals surface area contributed by atoms with E-state index in [2.05, 4.69) is 61.4 Å². The highest BCUT2D eigenvalue weighted by atomic mass is 16.5. The molecule has 0 bridgehead atoms. The van der Waals surface area contributed by atoms with Crippen LogP contribution in [0.15, 0.2) is 48.8 Å². The minimum atomic E-state index is 0.103. The Morgan fingerprint density at radius 3 is 2.97 bits per heavy atom. The van der Waals surface area contributed by atoms with Crippen molar-refractivity contribution in [3.05, 3.63) is 65.5 Å². The van der Waals surface area contributed by atoms with Gasteiger partial charge in [0.15, 0.2) is 0 Å². The first-order valence-corrected chi connectivity index (χ1v) is 10.4. The number of rotatable bonds is 5. The molecule has 30 heavy (non-hydrogen) atoms. The number of hydrogen-bond donors (Lipinski definition) is 1. The van der Waals surface area contributed by atoms with Gasteiger partial charge in [-0.05, 0) is 55.7 Å². The molecule has 0 aliphatic carbocycles. The van der Waals surface area contributed by atoms with E-state index in [1.165, 1.54) is 16.7 Å². The smallest absolute Gasteiger partial charge is 0.236 e. The van der Waals surface area contributed by atoms with E-state index in [0.717, 1.165) is 35.5 Å². The summed E-state index contributed by atoms with van der Waals surface area (Å²) in [6.07, 6.45) is 4.75. The van der Waals surface area contributed by atoms with E-state index in [1.54, 1.807) is 6.20 Å². The molecule has 5 rings (SSSR count). The van der Waals surface area contributed by atoms with E-state index >= 15 is 0 Å². The van der Waals surface area contributed by atoms with Crippen molar-refractivity contribution in [2.24, 2.45) is 0 Å². The van der Waals surface area contributed by atoms with E-state index in [0.29, 0.717) is 12.4 Å². The van der Waals surface area contributed by atoms with Crippen molar-refractivity contribution >= 4 is 22.5 Å². The fourth-order valence-electron chi connectivity index (χ4n) is 4.15. The molecule has 4 aromatic rings. The first kappa shape index (κ1) is 18.9. The number of hydrogen-bond acceptors (Lipinski definition) is 5. The summed E-state index contributed by atoms with van der Waals surface area (Å²) < 4.78 is 13.6. The average molecular weight is 402 g/mol. The molecule has 3 heterocycles. The van der Waals surface area contributed by atoms with Crippen LogP contribution in [0.3, 0.4) is 0 Å². The molecule has 154 valence electrons. The van der Waals surface area contributed by atoms with Crippen LogP contribution < -0.4 is 10.1 Å². The number of aryl methyl sites for hydroxylation is 1. The predicted octanol–water partition coefficient (Wildman–Crippen LogP) is 4.84. The molecule has 6 heteroatoms. The van der Waals surface area contributed by atoms with Crippen LogP contribution in [-0.4, -0.2) is 33.7 Å². The largest absolute Gasteiger partial charge is 0.488 e.